The summed E-state index contributed by atoms with van der Waals surface area (Å²) < 4.78 is 6.05. The van der Waals surface area contributed by atoms with Gasteiger partial charge in [0.15, 0.2) is 5.89 Å². The van der Waals surface area contributed by atoms with E-state index in [9.17, 15) is 4.79 Å². The van der Waals surface area contributed by atoms with Crippen LogP contribution < -0.4 is 0 Å². The number of fused-ring (bicyclic) bond motifs is 1. The molecule has 0 saturated carbocycles. The number of oxazole rings is 1. The normalized spacial score (nSPS) is 16.5. The van der Waals surface area contributed by atoms with Crippen LogP contribution in [0.2, 0.25) is 5.02 Å². The monoisotopic (exact) mass is 431 g/mol. The Labute approximate surface area is 185 Å². The molecule has 0 spiro atoms. The van der Waals surface area contributed by atoms with Gasteiger partial charge in [0.05, 0.1) is 17.6 Å². The average Bonchev–Trinajstić information content (AvgIpc) is 3.27. The Morgan fingerprint density at radius 1 is 1.13 bits per heavy atom. The van der Waals surface area contributed by atoms with Crippen LogP contribution >= 0.6 is 11.6 Å². The zero-order valence-electron chi connectivity index (χ0n) is 17.0. The summed E-state index contributed by atoms with van der Waals surface area (Å²) in [7, 11) is 0. The number of carbonyl (C=O) groups excluding carboxylic acids is 1. The molecule has 6 heteroatoms. The number of nitrogens with zero attached hydrogens (tertiary/aromatic N) is 3. The van der Waals surface area contributed by atoms with Crippen LogP contribution in [0.25, 0.3) is 10.9 Å². The number of carbonyl (C=O) groups is 1. The number of para-hydroxylation sites is 1. The fraction of sp³-hybridized carbons (Fsp3) is 0.240. The smallest absolute Gasteiger partial charge is 0.272 e. The van der Waals surface area contributed by atoms with Crippen molar-refractivity contribution < 1.29 is 9.21 Å². The lowest BCUT2D eigenvalue weighted by molar-refractivity contribution is 0.0692. The van der Waals surface area contributed by atoms with Crippen LogP contribution in [0.4, 0.5) is 0 Å². The van der Waals surface area contributed by atoms with Gasteiger partial charge in [0, 0.05) is 29.9 Å². The molecule has 4 aromatic rings. The predicted octanol–water partition coefficient (Wildman–Crippen LogP) is 5.49. The van der Waals surface area contributed by atoms with Crippen molar-refractivity contribution in [3.05, 3.63) is 94.8 Å². The molecule has 3 heterocycles. The summed E-state index contributed by atoms with van der Waals surface area (Å²) in [4.78, 5) is 24.0. The summed E-state index contributed by atoms with van der Waals surface area (Å²) in [6.45, 7) is 1.31. The Bertz CT molecular complexity index is 1240. The van der Waals surface area contributed by atoms with Crippen molar-refractivity contribution in [2.24, 2.45) is 0 Å². The second-order valence-electron chi connectivity index (χ2n) is 7.95. The number of piperidine rings is 1. The fourth-order valence-electron chi connectivity index (χ4n) is 4.15. The number of aromatic nitrogens is 2. The van der Waals surface area contributed by atoms with Crippen LogP contribution in [-0.2, 0) is 6.42 Å². The maximum atomic E-state index is 13.1. The van der Waals surface area contributed by atoms with Gasteiger partial charge in [-0.1, -0.05) is 48.0 Å². The molecule has 156 valence electrons. The number of benzene rings is 2. The Hall–Kier alpha value is -3.18. The van der Waals surface area contributed by atoms with Crippen molar-refractivity contribution in [1.29, 1.82) is 0 Å². The van der Waals surface area contributed by atoms with Crippen molar-refractivity contribution in [1.82, 2.24) is 14.9 Å². The first kappa shape index (κ1) is 19.8. The Kier molecular flexibility index (Phi) is 5.43. The molecule has 0 unspecified atom stereocenters. The highest BCUT2D eigenvalue weighted by atomic mass is 35.5. The number of amides is 1. The quantitative estimate of drug-likeness (QED) is 0.429. The summed E-state index contributed by atoms with van der Waals surface area (Å²) in [5.41, 5.74) is 2.40. The van der Waals surface area contributed by atoms with Gasteiger partial charge in [0.25, 0.3) is 5.91 Å². The van der Waals surface area contributed by atoms with Gasteiger partial charge in [-0.25, -0.2) is 9.97 Å². The minimum absolute atomic E-state index is 0.0406. The molecule has 1 aliphatic rings. The van der Waals surface area contributed by atoms with Gasteiger partial charge in [-0.3, -0.25) is 4.79 Å². The molecule has 0 aliphatic carbocycles. The molecule has 5 nitrogen and oxygen atoms in total. The highest BCUT2D eigenvalue weighted by Gasteiger charge is 2.29. The van der Waals surface area contributed by atoms with Crippen LogP contribution in [-0.4, -0.2) is 33.9 Å². The number of pyridine rings is 1. The minimum atomic E-state index is -0.0406. The van der Waals surface area contributed by atoms with Crippen LogP contribution in [0.5, 0.6) is 0 Å². The van der Waals surface area contributed by atoms with E-state index in [4.69, 9.17) is 16.0 Å². The molecule has 5 rings (SSSR count). The lowest BCUT2D eigenvalue weighted by atomic mass is 9.97. The number of hydrogen-bond donors (Lipinski definition) is 0. The van der Waals surface area contributed by atoms with Gasteiger partial charge in [-0.2, -0.15) is 0 Å². The maximum Gasteiger partial charge on any atom is 0.272 e. The summed E-state index contributed by atoms with van der Waals surface area (Å²) in [5, 5.41) is 1.74. The third-order valence-electron chi connectivity index (χ3n) is 5.71. The van der Waals surface area contributed by atoms with Crippen LogP contribution in [0.3, 0.4) is 0 Å². The van der Waals surface area contributed by atoms with Crippen LogP contribution in [0.15, 0.2) is 71.3 Å². The fourth-order valence-corrected chi connectivity index (χ4v) is 4.36. The molecule has 1 saturated heterocycles. The molecule has 0 bridgehead atoms. The van der Waals surface area contributed by atoms with Crippen LogP contribution in [0.1, 0.15) is 46.5 Å². The molecule has 0 N–H and O–H groups in total. The molecular formula is C25H22ClN3O2. The third-order valence-corrected chi connectivity index (χ3v) is 5.95. The van der Waals surface area contributed by atoms with Crippen LogP contribution in [0, 0.1) is 0 Å². The molecular weight excluding hydrogens is 410 g/mol. The largest absolute Gasteiger partial charge is 0.445 e. The first-order valence-electron chi connectivity index (χ1n) is 10.5. The molecule has 1 amide bonds. The molecule has 0 radical (unpaired) electrons. The average molecular weight is 432 g/mol. The molecule has 2 aromatic carbocycles. The van der Waals surface area contributed by atoms with E-state index in [1.165, 1.54) is 0 Å². The highest BCUT2D eigenvalue weighted by molar-refractivity contribution is 6.30. The standard InChI is InChI=1S/C25H22ClN3O2/c26-20-8-3-5-17(13-20)14-21-15-27-24(31-21)19-7-4-12-29(16-19)25(30)23-11-10-18-6-1-2-9-22(18)28-23/h1-3,5-6,8-11,13,15,19H,4,7,12,14,16H2/t19-/m0/s1. The van der Waals surface area contributed by atoms with E-state index in [2.05, 4.69) is 9.97 Å². The van der Waals surface area contributed by atoms with Crippen molar-refractivity contribution in [2.75, 3.05) is 13.1 Å². The first-order chi connectivity index (χ1) is 15.2. The molecule has 1 aliphatic heterocycles. The van der Waals surface area contributed by atoms with E-state index in [-0.39, 0.29) is 11.8 Å². The second-order valence-corrected chi connectivity index (χ2v) is 8.39. The third kappa shape index (κ3) is 4.32. The van der Waals surface area contributed by atoms with Gasteiger partial charge in [-0.05, 0) is 42.7 Å². The SMILES string of the molecule is O=C(c1ccc2ccccc2n1)N1CCC[C@H](c2ncc(Cc3cccc(Cl)c3)o2)C1. The number of hydrogen-bond acceptors (Lipinski definition) is 4. The number of rotatable bonds is 4. The van der Waals surface area contributed by atoms with Gasteiger partial charge >= 0.3 is 0 Å². The lowest BCUT2D eigenvalue weighted by Crippen LogP contribution is -2.39. The summed E-state index contributed by atoms with van der Waals surface area (Å²) >= 11 is 6.08. The summed E-state index contributed by atoms with van der Waals surface area (Å²) in [6, 6.07) is 19.3. The second kappa shape index (κ2) is 8.52. The van der Waals surface area contributed by atoms with E-state index in [1.54, 1.807) is 6.20 Å². The minimum Gasteiger partial charge on any atom is -0.445 e. The summed E-state index contributed by atoms with van der Waals surface area (Å²) in [5.74, 6) is 1.55. The van der Waals surface area contributed by atoms with Crippen molar-refractivity contribution in [3.8, 4) is 0 Å². The van der Waals surface area contributed by atoms with E-state index in [0.29, 0.717) is 29.6 Å². The van der Waals surface area contributed by atoms with Crippen molar-refractivity contribution in [3.63, 3.8) is 0 Å². The van der Waals surface area contributed by atoms with E-state index in [0.717, 1.165) is 41.6 Å². The number of halogens is 1. The Balaban J connectivity index is 1.29. The lowest BCUT2D eigenvalue weighted by Gasteiger charge is -2.31. The van der Waals surface area contributed by atoms with Gasteiger partial charge in [-0.15, -0.1) is 0 Å². The van der Waals surface area contributed by atoms with E-state index in [1.807, 2.05) is 65.6 Å². The predicted molar refractivity (Wildman–Crippen MR) is 120 cm³/mol. The summed E-state index contributed by atoms with van der Waals surface area (Å²) in [6.07, 6.45) is 4.29. The Morgan fingerprint density at radius 2 is 2.03 bits per heavy atom. The molecule has 1 atom stereocenters. The van der Waals surface area contributed by atoms with E-state index < -0.39 is 0 Å². The number of likely N-dealkylation sites (tertiary alicyclic amines) is 1. The first-order valence-corrected chi connectivity index (χ1v) is 10.9. The Morgan fingerprint density at radius 3 is 2.94 bits per heavy atom. The zero-order chi connectivity index (χ0) is 21.2. The highest BCUT2D eigenvalue weighted by Crippen LogP contribution is 2.28. The molecule has 1 fully saturated rings. The van der Waals surface area contributed by atoms with Gasteiger partial charge in [0.1, 0.15) is 11.5 Å². The molecule has 2 aromatic heterocycles. The zero-order valence-corrected chi connectivity index (χ0v) is 17.8. The maximum absolute atomic E-state index is 13.1. The van der Waals surface area contributed by atoms with Crippen molar-refractivity contribution in [2.45, 2.75) is 25.2 Å². The topological polar surface area (TPSA) is 59.2 Å². The van der Waals surface area contributed by atoms with Crippen molar-refractivity contribution >= 4 is 28.4 Å². The van der Waals surface area contributed by atoms with Gasteiger partial charge < -0.3 is 9.32 Å². The molecule has 31 heavy (non-hydrogen) atoms. The van der Waals surface area contributed by atoms with Gasteiger partial charge in [0.2, 0.25) is 0 Å². The van der Waals surface area contributed by atoms with E-state index >= 15 is 0 Å².